The Labute approximate surface area is 162 Å². The lowest BCUT2D eigenvalue weighted by Gasteiger charge is -2.08. The smallest absolute Gasteiger partial charge is 0.360 e. The normalized spacial score (nSPS) is 10.5. The number of hydrogen-bond donors (Lipinski definition) is 0. The third-order valence-electron chi connectivity index (χ3n) is 3.85. The van der Waals surface area contributed by atoms with Crippen molar-refractivity contribution >= 4 is 28.9 Å². The summed E-state index contributed by atoms with van der Waals surface area (Å²) in [4.78, 5) is 33.0. The van der Waals surface area contributed by atoms with Gasteiger partial charge in [0.05, 0.1) is 28.7 Å². The van der Waals surface area contributed by atoms with Crippen LogP contribution in [0.15, 0.2) is 48.5 Å². The second-order valence-electron chi connectivity index (χ2n) is 5.47. The highest BCUT2D eigenvalue weighted by molar-refractivity contribution is 6.35. The monoisotopic (exact) mass is 402 g/mol. The first-order valence-corrected chi connectivity index (χ1v) is 8.08. The van der Waals surface area contributed by atoms with Crippen LogP contribution in [-0.4, -0.2) is 32.7 Å². The number of nitro groups is 2. The maximum Gasteiger partial charge on any atom is 0.360 e. The van der Waals surface area contributed by atoms with Crippen LogP contribution in [-0.2, 0) is 4.74 Å². The summed E-state index contributed by atoms with van der Waals surface area (Å²) in [5.74, 6) is -0.828. The van der Waals surface area contributed by atoms with Gasteiger partial charge in [-0.3, -0.25) is 20.2 Å². The molecule has 0 amide bonds. The molecule has 0 saturated heterocycles. The fourth-order valence-electron chi connectivity index (χ4n) is 2.60. The molecule has 3 aromatic rings. The van der Waals surface area contributed by atoms with Crippen molar-refractivity contribution in [3.05, 3.63) is 79.5 Å². The molecule has 0 atom stereocenters. The molecule has 1 heterocycles. The standard InChI is InChI=1S/C17H11ClN4O6/c1-28-17(23)15-14(18)16(10-5-3-2-4-6-10)20(19-15)12-8-7-11(21(24)25)9-13(12)22(26)27/h2-9H,1H3. The number of benzene rings is 2. The van der Waals surface area contributed by atoms with Crippen molar-refractivity contribution in [3.8, 4) is 16.9 Å². The van der Waals surface area contributed by atoms with E-state index in [0.717, 1.165) is 23.9 Å². The van der Waals surface area contributed by atoms with E-state index in [2.05, 4.69) is 9.84 Å². The lowest BCUT2D eigenvalue weighted by atomic mass is 10.1. The molecule has 1 aromatic heterocycles. The minimum Gasteiger partial charge on any atom is -0.464 e. The topological polar surface area (TPSA) is 130 Å². The molecule has 0 aliphatic heterocycles. The van der Waals surface area contributed by atoms with Crippen LogP contribution in [0.3, 0.4) is 0 Å². The third-order valence-corrected chi connectivity index (χ3v) is 4.21. The predicted molar refractivity (Wildman–Crippen MR) is 98.7 cm³/mol. The average molecular weight is 403 g/mol. The van der Waals surface area contributed by atoms with Gasteiger partial charge in [0, 0.05) is 11.6 Å². The molecule has 28 heavy (non-hydrogen) atoms. The van der Waals surface area contributed by atoms with Gasteiger partial charge in [0.25, 0.3) is 5.69 Å². The van der Waals surface area contributed by atoms with Crippen molar-refractivity contribution in [2.24, 2.45) is 0 Å². The molecule has 0 fully saturated rings. The third kappa shape index (κ3) is 3.28. The minimum absolute atomic E-state index is 0.0642. The van der Waals surface area contributed by atoms with Crippen LogP contribution in [0.5, 0.6) is 0 Å². The molecule has 0 aliphatic rings. The number of non-ortho nitro benzene ring substituents is 1. The van der Waals surface area contributed by atoms with E-state index >= 15 is 0 Å². The molecular weight excluding hydrogens is 392 g/mol. The number of methoxy groups -OCH3 is 1. The van der Waals surface area contributed by atoms with Gasteiger partial charge in [-0.2, -0.15) is 5.10 Å². The summed E-state index contributed by atoms with van der Waals surface area (Å²) < 4.78 is 5.77. The van der Waals surface area contributed by atoms with E-state index in [4.69, 9.17) is 11.6 Å². The number of nitro benzene ring substituents is 2. The maximum atomic E-state index is 12.0. The van der Waals surface area contributed by atoms with Gasteiger partial charge in [0.2, 0.25) is 0 Å². The summed E-state index contributed by atoms with van der Waals surface area (Å²) >= 11 is 6.34. The molecule has 2 aromatic carbocycles. The Morgan fingerprint density at radius 1 is 1.11 bits per heavy atom. The quantitative estimate of drug-likeness (QED) is 0.360. The number of hydrogen-bond acceptors (Lipinski definition) is 7. The molecule has 142 valence electrons. The van der Waals surface area contributed by atoms with Crippen LogP contribution < -0.4 is 0 Å². The van der Waals surface area contributed by atoms with Gasteiger partial charge in [-0.1, -0.05) is 41.9 Å². The van der Waals surface area contributed by atoms with Crippen LogP contribution in [0.4, 0.5) is 11.4 Å². The number of nitrogens with zero attached hydrogens (tertiary/aromatic N) is 4. The maximum absolute atomic E-state index is 12.0. The summed E-state index contributed by atoms with van der Waals surface area (Å²) in [7, 11) is 1.15. The second kappa shape index (κ2) is 7.45. The molecule has 0 aliphatic carbocycles. The van der Waals surface area contributed by atoms with Crippen LogP contribution in [0.2, 0.25) is 5.02 Å². The summed E-state index contributed by atoms with van der Waals surface area (Å²) in [5, 5.41) is 26.5. The van der Waals surface area contributed by atoms with Gasteiger partial charge in [0.1, 0.15) is 10.7 Å². The van der Waals surface area contributed by atoms with Gasteiger partial charge in [-0.15, -0.1) is 0 Å². The van der Waals surface area contributed by atoms with Gasteiger partial charge in [0.15, 0.2) is 5.69 Å². The zero-order valence-electron chi connectivity index (χ0n) is 14.2. The van der Waals surface area contributed by atoms with Crippen molar-refractivity contribution in [3.63, 3.8) is 0 Å². The van der Waals surface area contributed by atoms with E-state index < -0.39 is 27.2 Å². The first-order valence-electron chi connectivity index (χ1n) is 7.70. The fraction of sp³-hybridized carbons (Fsp3) is 0.0588. The predicted octanol–water partition coefficient (Wildman–Crippen LogP) is 3.80. The summed E-state index contributed by atoms with van der Waals surface area (Å²) in [6.45, 7) is 0. The van der Waals surface area contributed by atoms with Crippen molar-refractivity contribution in [1.29, 1.82) is 0 Å². The van der Waals surface area contributed by atoms with Crippen molar-refractivity contribution in [1.82, 2.24) is 9.78 Å². The van der Waals surface area contributed by atoms with Gasteiger partial charge < -0.3 is 4.74 Å². The number of aromatic nitrogens is 2. The van der Waals surface area contributed by atoms with Gasteiger partial charge in [-0.05, 0) is 6.07 Å². The van der Waals surface area contributed by atoms with Crippen LogP contribution >= 0.6 is 11.6 Å². The molecule has 0 saturated carbocycles. The number of ether oxygens (including phenoxy) is 1. The Kier molecular flexibility index (Phi) is 5.05. The number of carbonyl (C=O) groups is 1. The highest BCUT2D eigenvalue weighted by Gasteiger charge is 2.29. The first-order chi connectivity index (χ1) is 13.3. The zero-order chi connectivity index (χ0) is 20.4. The van der Waals surface area contributed by atoms with E-state index in [1.165, 1.54) is 6.07 Å². The number of esters is 1. The summed E-state index contributed by atoms with van der Waals surface area (Å²) in [6.07, 6.45) is 0. The molecular formula is C17H11ClN4O6. The average Bonchev–Trinajstić information content (AvgIpc) is 3.04. The van der Waals surface area contributed by atoms with E-state index in [1.807, 2.05) is 0 Å². The molecule has 0 bridgehead atoms. The van der Waals surface area contributed by atoms with Crippen molar-refractivity contribution < 1.29 is 19.4 Å². The van der Waals surface area contributed by atoms with E-state index in [0.29, 0.717) is 5.56 Å². The fourth-order valence-corrected chi connectivity index (χ4v) is 2.90. The Hall–Kier alpha value is -3.79. The number of carbonyl (C=O) groups excluding carboxylic acids is 1. The largest absolute Gasteiger partial charge is 0.464 e. The minimum atomic E-state index is -0.828. The lowest BCUT2D eigenvalue weighted by molar-refractivity contribution is -0.394. The molecule has 0 N–H and O–H groups in total. The lowest BCUT2D eigenvalue weighted by Crippen LogP contribution is -2.07. The van der Waals surface area contributed by atoms with Crippen LogP contribution in [0, 0.1) is 20.2 Å². The highest BCUT2D eigenvalue weighted by Crippen LogP contribution is 2.36. The molecule has 3 rings (SSSR count). The Morgan fingerprint density at radius 2 is 1.79 bits per heavy atom. The summed E-state index contributed by atoms with van der Waals surface area (Å²) in [5.41, 5.74) is -0.616. The second-order valence-corrected chi connectivity index (χ2v) is 5.85. The highest BCUT2D eigenvalue weighted by atomic mass is 35.5. The molecule has 10 nitrogen and oxygen atoms in total. The van der Waals surface area contributed by atoms with Crippen LogP contribution in [0.25, 0.3) is 16.9 Å². The van der Waals surface area contributed by atoms with Crippen LogP contribution in [0.1, 0.15) is 10.5 Å². The number of rotatable bonds is 5. The Bertz CT molecular complexity index is 1100. The molecule has 11 heteroatoms. The Balaban J connectivity index is 2.35. The first kappa shape index (κ1) is 19.0. The zero-order valence-corrected chi connectivity index (χ0v) is 15.0. The van der Waals surface area contributed by atoms with E-state index in [1.54, 1.807) is 30.3 Å². The van der Waals surface area contributed by atoms with Gasteiger partial charge >= 0.3 is 11.7 Å². The van der Waals surface area contributed by atoms with Crippen molar-refractivity contribution in [2.75, 3.05) is 7.11 Å². The Morgan fingerprint density at radius 3 is 2.36 bits per heavy atom. The SMILES string of the molecule is COC(=O)c1nn(-c2ccc([N+](=O)[O-])cc2[N+](=O)[O-])c(-c2ccccc2)c1Cl. The molecule has 0 radical (unpaired) electrons. The van der Waals surface area contributed by atoms with Crippen molar-refractivity contribution in [2.45, 2.75) is 0 Å². The van der Waals surface area contributed by atoms with E-state index in [-0.39, 0.29) is 22.1 Å². The summed E-state index contributed by atoms with van der Waals surface area (Å²) in [6, 6.07) is 11.6. The molecule has 0 unspecified atom stereocenters. The van der Waals surface area contributed by atoms with Gasteiger partial charge in [-0.25, -0.2) is 9.48 Å². The number of halogens is 1. The van der Waals surface area contributed by atoms with E-state index in [9.17, 15) is 25.0 Å². The molecule has 0 spiro atoms.